The largest absolute Gasteiger partial charge is 0.352 e. The van der Waals surface area contributed by atoms with Crippen LogP contribution in [-0.2, 0) is 0 Å². The molecule has 102 valence electrons. The van der Waals surface area contributed by atoms with Crippen LogP contribution < -0.4 is 10.2 Å². The minimum atomic E-state index is 0.215. The molecule has 0 radical (unpaired) electrons. The summed E-state index contributed by atoms with van der Waals surface area (Å²) in [5.74, 6) is 1.80. The second-order valence-electron chi connectivity index (χ2n) is 5.14. The van der Waals surface area contributed by atoms with Crippen molar-refractivity contribution in [2.24, 2.45) is 5.92 Å². The first-order valence-corrected chi connectivity index (χ1v) is 6.61. The van der Waals surface area contributed by atoms with E-state index in [0.717, 1.165) is 6.42 Å². The van der Waals surface area contributed by atoms with Crippen molar-refractivity contribution in [1.82, 2.24) is 15.0 Å². The minimum Gasteiger partial charge on any atom is -0.352 e. The molecule has 0 spiro atoms. The van der Waals surface area contributed by atoms with Crippen LogP contribution in [0.2, 0.25) is 5.28 Å². The molecule has 1 rings (SSSR count). The van der Waals surface area contributed by atoms with Crippen LogP contribution in [0.25, 0.3) is 0 Å². The maximum absolute atomic E-state index is 5.88. The fourth-order valence-corrected chi connectivity index (χ4v) is 1.64. The average molecular weight is 272 g/mol. The molecule has 0 aliphatic heterocycles. The molecule has 1 aromatic heterocycles. The number of nitrogens with zero attached hydrogens (tertiary/aromatic N) is 4. The number of nitrogens with one attached hydrogen (secondary N) is 1. The third kappa shape index (κ3) is 5.04. The van der Waals surface area contributed by atoms with E-state index in [0.29, 0.717) is 23.9 Å². The van der Waals surface area contributed by atoms with Crippen molar-refractivity contribution in [2.45, 2.75) is 39.7 Å². The Bertz CT molecular complexity index is 381. The molecule has 0 bridgehead atoms. The molecule has 0 fully saturated rings. The van der Waals surface area contributed by atoms with Crippen molar-refractivity contribution < 1.29 is 0 Å². The van der Waals surface area contributed by atoms with Gasteiger partial charge in [0.1, 0.15) is 0 Å². The second kappa shape index (κ2) is 6.73. The average Bonchev–Trinajstić information content (AvgIpc) is 2.25. The molecule has 1 heterocycles. The van der Waals surface area contributed by atoms with Gasteiger partial charge in [-0.25, -0.2) is 0 Å². The van der Waals surface area contributed by atoms with Crippen molar-refractivity contribution in [3.63, 3.8) is 0 Å². The maximum atomic E-state index is 5.88. The molecule has 1 unspecified atom stereocenters. The highest BCUT2D eigenvalue weighted by Gasteiger charge is 2.09. The number of aromatic nitrogens is 3. The van der Waals surface area contributed by atoms with Crippen LogP contribution in [0.15, 0.2) is 0 Å². The highest BCUT2D eigenvalue weighted by Crippen LogP contribution is 2.14. The Balaban J connectivity index is 2.66. The topological polar surface area (TPSA) is 53.9 Å². The molecule has 0 aromatic carbocycles. The summed E-state index contributed by atoms with van der Waals surface area (Å²) in [6, 6.07) is 0.320. The zero-order valence-corrected chi connectivity index (χ0v) is 12.5. The SMILES string of the molecule is CC(C)CCC(C)Nc1nc(Cl)nc(N(C)C)n1. The van der Waals surface area contributed by atoms with Crippen molar-refractivity contribution in [2.75, 3.05) is 24.3 Å². The van der Waals surface area contributed by atoms with E-state index in [2.05, 4.69) is 41.0 Å². The van der Waals surface area contributed by atoms with Crippen LogP contribution in [0, 0.1) is 5.92 Å². The third-order valence-electron chi connectivity index (χ3n) is 2.55. The van der Waals surface area contributed by atoms with Gasteiger partial charge in [-0.3, -0.25) is 0 Å². The Hall–Kier alpha value is -1.10. The molecule has 6 heteroatoms. The molecule has 0 saturated heterocycles. The molecule has 5 nitrogen and oxygen atoms in total. The fourth-order valence-electron chi connectivity index (χ4n) is 1.48. The van der Waals surface area contributed by atoms with Crippen LogP contribution in [0.4, 0.5) is 11.9 Å². The number of halogens is 1. The molecule has 18 heavy (non-hydrogen) atoms. The van der Waals surface area contributed by atoms with Crippen LogP contribution in [0.1, 0.15) is 33.6 Å². The summed E-state index contributed by atoms with van der Waals surface area (Å²) in [7, 11) is 3.75. The monoisotopic (exact) mass is 271 g/mol. The van der Waals surface area contributed by atoms with E-state index in [1.807, 2.05) is 14.1 Å². The van der Waals surface area contributed by atoms with Crippen LogP contribution in [0.5, 0.6) is 0 Å². The van der Waals surface area contributed by atoms with Gasteiger partial charge in [0, 0.05) is 20.1 Å². The van der Waals surface area contributed by atoms with Gasteiger partial charge in [0.25, 0.3) is 0 Å². The van der Waals surface area contributed by atoms with E-state index in [1.54, 1.807) is 4.90 Å². The summed E-state index contributed by atoms with van der Waals surface area (Å²) in [6.45, 7) is 6.56. The molecule has 1 atom stereocenters. The highest BCUT2D eigenvalue weighted by molar-refractivity contribution is 6.28. The molecule has 0 aliphatic rings. The van der Waals surface area contributed by atoms with Crippen molar-refractivity contribution >= 4 is 23.5 Å². The first-order chi connectivity index (χ1) is 8.38. The third-order valence-corrected chi connectivity index (χ3v) is 2.72. The lowest BCUT2D eigenvalue weighted by atomic mass is 10.0. The molecule has 0 aliphatic carbocycles. The highest BCUT2D eigenvalue weighted by atomic mass is 35.5. The second-order valence-corrected chi connectivity index (χ2v) is 5.48. The van der Waals surface area contributed by atoms with E-state index in [-0.39, 0.29) is 5.28 Å². The van der Waals surface area contributed by atoms with Gasteiger partial charge in [0.2, 0.25) is 17.2 Å². The smallest absolute Gasteiger partial charge is 0.230 e. The predicted octanol–water partition coefficient (Wildman–Crippen LogP) is 2.83. The first kappa shape index (κ1) is 15.0. The van der Waals surface area contributed by atoms with Gasteiger partial charge in [-0.2, -0.15) is 15.0 Å². The Labute approximate surface area is 114 Å². The van der Waals surface area contributed by atoms with Gasteiger partial charge < -0.3 is 10.2 Å². The van der Waals surface area contributed by atoms with Gasteiger partial charge in [0.05, 0.1) is 0 Å². The van der Waals surface area contributed by atoms with Crippen LogP contribution in [0.3, 0.4) is 0 Å². The quantitative estimate of drug-likeness (QED) is 0.862. The summed E-state index contributed by atoms with van der Waals surface area (Å²) >= 11 is 5.88. The van der Waals surface area contributed by atoms with Gasteiger partial charge in [0.15, 0.2) is 0 Å². The van der Waals surface area contributed by atoms with Gasteiger partial charge in [-0.15, -0.1) is 0 Å². The predicted molar refractivity (Wildman–Crippen MR) is 76.3 cm³/mol. The Morgan fingerprint density at radius 3 is 2.33 bits per heavy atom. The molecular formula is C12H22ClN5. The number of hydrogen-bond acceptors (Lipinski definition) is 5. The summed E-state index contributed by atoms with van der Waals surface area (Å²) in [5.41, 5.74) is 0. The number of anilines is 2. The lowest BCUT2D eigenvalue weighted by molar-refractivity contribution is 0.526. The van der Waals surface area contributed by atoms with E-state index in [4.69, 9.17) is 11.6 Å². The number of rotatable bonds is 6. The van der Waals surface area contributed by atoms with E-state index in [9.17, 15) is 0 Å². The van der Waals surface area contributed by atoms with E-state index < -0.39 is 0 Å². The summed E-state index contributed by atoms with van der Waals surface area (Å²) in [6.07, 6.45) is 2.26. The van der Waals surface area contributed by atoms with Crippen molar-refractivity contribution in [3.05, 3.63) is 5.28 Å². The molecule has 1 N–H and O–H groups in total. The molecule has 0 saturated carbocycles. The summed E-state index contributed by atoms with van der Waals surface area (Å²) < 4.78 is 0. The Morgan fingerprint density at radius 1 is 1.11 bits per heavy atom. The van der Waals surface area contributed by atoms with Crippen molar-refractivity contribution in [3.8, 4) is 0 Å². The van der Waals surface area contributed by atoms with Crippen LogP contribution in [-0.4, -0.2) is 35.1 Å². The van der Waals surface area contributed by atoms with E-state index >= 15 is 0 Å². The van der Waals surface area contributed by atoms with Gasteiger partial charge in [-0.1, -0.05) is 13.8 Å². The lowest BCUT2D eigenvalue weighted by Crippen LogP contribution is -2.20. The normalized spacial score (nSPS) is 12.6. The molecule has 0 amide bonds. The maximum Gasteiger partial charge on any atom is 0.230 e. The van der Waals surface area contributed by atoms with Gasteiger partial charge >= 0.3 is 0 Å². The zero-order valence-electron chi connectivity index (χ0n) is 11.7. The summed E-state index contributed by atoms with van der Waals surface area (Å²) in [5, 5.41) is 3.48. The van der Waals surface area contributed by atoms with E-state index in [1.165, 1.54) is 6.42 Å². The fraction of sp³-hybridized carbons (Fsp3) is 0.750. The number of hydrogen-bond donors (Lipinski definition) is 1. The Kier molecular flexibility index (Phi) is 5.59. The van der Waals surface area contributed by atoms with Crippen molar-refractivity contribution in [1.29, 1.82) is 0 Å². The minimum absolute atomic E-state index is 0.215. The zero-order chi connectivity index (χ0) is 13.7. The molecular weight excluding hydrogens is 250 g/mol. The van der Waals surface area contributed by atoms with Crippen LogP contribution >= 0.6 is 11.6 Å². The first-order valence-electron chi connectivity index (χ1n) is 6.24. The lowest BCUT2D eigenvalue weighted by Gasteiger charge is -2.16. The summed E-state index contributed by atoms with van der Waals surface area (Å²) in [4.78, 5) is 14.2. The Morgan fingerprint density at radius 2 is 1.78 bits per heavy atom. The van der Waals surface area contributed by atoms with Gasteiger partial charge in [-0.05, 0) is 37.3 Å². The standard InChI is InChI=1S/C12H22ClN5/c1-8(2)6-7-9(3)14-11-15-10(13)16-12(17-11)18(4)5/h8-9H,6-7H2,1-5H3,(H,14,15,16,17). The molecule has 1 aromatic rings.